The Kier molecular flexibility index (Phi) is 5.81. The summed E-state index contributed by atoms with van der Waals surface area (Å²) in [5.41, 5.74) is 14.9. The van der Waals surface area contributed by atoms with Gasteiger partial charge < -0.3 is 21.8 Å². The van der Waals surface area contributed by atoms with E-state index in [1.165, 1.54) is 18.4 Å². The average molecular weight is 414 g/mol. The Morgan fingerprint density at radius 3 is 2.48 bits per heavy atom. The second kappa shape index (κ2) is 8.14. The zero-order chi connectivity index (χ0) is 19.8. The molecule has 1 aliphatic carbocycles. The molecule has 0 radical (unpaired) electrons. The molecule has 1 heterocycles. The summed E-state index contributed by atoms with van der Waals surface area (Å²) in [6.45, 7) is 2.17. The summed E-state index contributed by atoms with van der Waals surface area (Å²) in [5.74, 6) is -0.423. The number of H-pyrrole nitrogens is 1. The summed E-state index contributed by atoms with van der Waals surface area (Å²) in [5, 5.41) is 6.67. The van der Waals surface area contributed by atoms with Gasteiger partial charge in [0.05, 0.1) is 5.56 Å². The normalized spacial score (nSPS) is 14.2. The minimum absolute atomic E-state index is 0. The highest BCUT2D eigenvalue weighted by molar-refractivity contribution is 6.13. The number of urea groups is 1. The van der Waals surface area contributed by atoms with Crippen molar-refractivity contribution in [3.63, 3.8) is 0 Å². The number of carbonyl (C=O) groups is 2. The van der Waals surface area contributed by atoms with E-state index in [4.69, 9.17) is 11.5 Å². The highest BCUT2D eigenvalue weighted by Gasteiger charge is 2.23. The fourth-order valence-corrected chi connectivity index (χ4v) is 3.54. The maximum absolute atomic E-state index is 11.8. The van der Waals surface area contributed by atoms with Gasteiger partial charge in [-0.1, -0.05) is 30.3 Å². The molecule has 3 aromatic rings. The lowest BCUT2D eigenvalue weighted by atomic mass is 9.99. The van der Waals surface area contributed by atoms with Crippen LogP contribution in [0.5, 0.6) is 0 Å². The fraction of sp³-hybridized carbons (Fsp3) is 0.238. The number of halogens is 1. The molecule has 2 aromatic carbocycles. The molecule has 0 bridgehead atoms. The number of aromatic nitrogens is 1. The topological polar surface area (TPSA) is 126 Å². The third-order valence-electron chi connectivity index (χ3n) is 5.08. The molecule has 4 rings (SSSR count). The summed E-state index contributed by atoms with van der Waals surface area (Å²) >= 11 is 0. The Bertz CT molecular complexity index is 1070. The van der Waals surface area contributed by atoms with E-state index < -0.39 is 11.9 Å². The van der Waals surface area contributed by atoms with E-state index in [1.54, 1.807) is 0 Å². The summed E-state index contributed by atoms with van der Waals surface area (Å²) in [6.07, 6.45) is 2.49. The standard InChI is InChI=1S/C21H23N5O2.ClH/c1-11(24-15-6-7-15)12-3-2-4-13(9-12)14-5-8-16-17(10-14)25-20(26-21(23)28)18(16)19(22)27;/h2-5,8-11,15,24-25H,6-7H2,1H3,(H2,22,27)(H3,23,26,28);1H. The molecule has 1 unspecified atom stereocenters. The van der Waals surface area contributed by atoms with E-state index in [2.05, 4.69) is 40.7 Å². The summed E-state index contributed by atoms with van der Waals surface area (Å²) in [6, 6.07) is 14.2. The number of hydrogen-bond donors (Lipinski definition) is 5. The van der Waals surface area contributed by atoms with Gasteiger partial charge in [-0.2, -0.15) is 0 Å². The number of nitrogens with one attached hydrogen (secondary N) is 3. The summed E-state index contributed by atoms with van der Waals surface area (Å²) < 4.78 is 0. The molecule has 0 spiro atoms. The number of primary amides is 2. The lowest BCUT2D eigenvalue weighted by molar-refractivity contribution is 0.100. The fourth-order valence-electron chi connectivity index (χ4n) is 3.54. The van der Waals surface area contributed by atoms with Crippen LogP contribution < -0.4 is 22.1 Å². The molecule has 1 saturated carbocycles. The van der Waals surface area contributed by atoms with Crippen molar-refractivity contribution in [2.75, 3.05) is 5.32 Å². The quantitative estimate of drug-likeness (QED) is 0.423. The molecule has 29 heavy (non-hydrogen) atoms. The van der Waals surface area contributed by atoms with Gasteiger partial charge in [0.25, 0.3) is 5.91 Å². The Morgan fingerprint density at radius 2 is 1.83 bits per heavy atom. The first-order chi connectivity index (χ1) is 13.4. The van der Waals surface area contributed by atoms with Gasteiger partial charge in [0.1, 0.15) is 5.82 Å². The van der Waals surface area contributed by atoms with E-state index in [9.17, 15) is 9.59 Å². The van der Waals surface area contributed by atoms with Crippen LogP contribution >= 0.6 is 12.4 Å². The molecule has 7 N–H and O–H groups in total. The van der Waals surface area contributed by atoms with Gasteiger partial charge in [0.15, 0.2) is 0 Å². The zero-order valence-corrected chi connectivity index (χ0v) is 16.8. The number of anilines is 1. The molecule has 1 atom stereocenters. The van der Waals surface area contributed by atoms with Crippen molar-refractivity contribution in [1.29, 1.82) is 0 Å². The average Bonchev–Trinajstić information content (AvgIpc) is 3.39. The van der Waals surface area contributed by atoms with Gasteiger partial charge in [0.2, 0.25) is 0 Å². The number of rotatable bonds is 6. The molecule has 0 aliphatic heterocycles. The minimum Gasteiger partial charge on any atom is -0.365 e. The summed E-state index contributed by atoms with van der Waals surface area (Å²) in [4.78, 5) is 26.1. The highest BCUT2D eigenvalue weighted by Crippen LogP contribution is 2.31. The molecule has 1 aromatic heterocycles. The van der Waals surface area contributed by atoms with E-state index in [1.807, 2.05) is 24.3 Å². The first-order valence-electron chi connectivity index (χ1n) is 9.30. The van der Waals surface area contributed by atoms with Crippen molar-refractivity contribution >= 4 is 41.1 Å². The minimum atomic E-state index is -0.765. The van der Waals surface area contributed by atoms with Crippen LogP contribution in [0, 0.1) is 0 Å². The monoisotopic (exact) mass is 413 g/mol. The van der Waals surface area contributed by atoms with Crippen molar-refractivity contribution < 1.29 is 9.59 Å². The molecule has 7 nitrogen and oxygen atoms in total. The van der Waals surface area contributed by atoms with Gasteiger partial charge in [-0.05, 0) is 48.6 Å². The first-order valence-corrected chi connectivity index (χ1v) is 9.30. The van der Waals surface area contributed by atoms with Crippen LogP contribution in [0.1, 0.15) is 41.7 Å². The number of fused-ring (bicyclic) bond motifs is 1. The van der Waals surface area contributed by atoms with Crippen molar-refractivity contribution in [1.82, 2.24) is 10.3 Å². The van der Waals surface area contributed by atoms with E-state index in [-0.39, 0.29) is 29.8 Å². The van der Waals surface area contributed by atoms with Crippen LogP contribution in [0.3, 0.4) is 0 Å². The van der Waals surface area contributed by atoms with Crippen molar-refractivity contribution in [3.05, 3.63) is 53.6 Å². The third-order valence-corrected chi connectivity index (χ3v) is 5.08. The summed E-state index contributed by atoms with van der Waals surface area (Å²) in [7, 11) is 0. The number of hydrogen-bond acceptors (Lipinski definition) is 3. The molecule has 3 amide bonds. The number of nitrogens with two attached hydrogens (primary N) is 2. The first kappa shape index (κ1) is 20.7. The number of amides is 3. The number of benzene rings is 2. The maximum Gasteiger partial charge on any atom is 0.317 e. The molecular weight excluding hydrogens is 390 g/mol. The van der Waals surface area contributed by atoms with E-state index in [0.29, 0.717) is 16.9 Å². The lowest BCUT2D eigenvalue weighted by Crippen LogP contribution is -2.22. The molecule has 8 heteroatoms. The van der Waals surface area contributed by atoms with Crippen LogP contribution in [0.2, 0.25) is 0 Å². The van der Waals surface area contributed by atoms with E-state index >= 15 is 0 Å². The third kappa shape index (κ3) is 4.36. The van der Waals surface area contributed by atoms with Crippen LogP contribution in [0.25, 0.3) is 22.0 Å². The Hall–Kier alpha value is -3.03. The van der Waals surface area contributed by atoms with Crippen LogP contribution in [0.15, 0.2) is 42.5 Å². The molecular formula is C21H24ClN5O2. The van der Waals surface area contributed by atoms with Gasteiger partial charge >= 0.3 is 6.03 Å². The number of carbonyl (C=O) groups excluding carboxylic acids is 2. The maximum atomic E-state index is 11.8. The van der Waals surface area contributed by atoms with Crippen LogP contribution in [-0.4, -0.2) is 23.0 Å². The van der Waals surface area contributed by atoms with E-state index in [0.717, 1.165) is 11.1 Å². The van der Waals surface area contributed by atoms with Crippen molar-refractivity contribution in [2.24, 2.45) is 11.5 Å². The molecule has 1 fully saturated rings. The predicted molar refractivity (Wildman–Crippen MR) is 117 cm³/mol. The molecule has 152 valence electrons. The second-order valence-electron chi connectivity index (χ2n) is 7.28. The van der Waals surface area contributed by atoms with Crippen molar-refractivity contribution in [2.45, 2.75) is 31.8 Å². The lowest BCUT2D eigenvalue weighted by Gasteiger charge is -2.15. The van der Waals surface area contributed by atoms with Gasteiger partial charge in [-0.15, -0.1) is 12.4 Å². The van der Waals surface area contributed by atoms with Gasteiger partial charge in [-0.25, -0.2) is 4.79 Å². The number of aromatic amines is 1. The van der Waals surface area contributed by atoms with Gasteiger partial charge in [0, 0.05) is 23.0 Å². The Morgan fingerprint density at radius 1 is 1.10 bits per heavy atom. The van der Waals surface area contributed by atoms with Crippen LogP contribution in [0.4, 0.5) is 10.6 Å². The second-order valence-corrected chi connectivity index (χ2v) is 7.28. The zero-order valence-electron chi connectivity index (χ0n) is 16.0. The molecule has 1 aliphatic rings. The van der Waals surface area contributed by atoms with Crippen molar-refractivity contribution in [3.8, 4) is 11.1 Å². The van der Waals surface area contributed by atoms with Crippen LogP contribution in [-0.2, 0) is 0 Å². The van der Waals surface area contributed by atoms with Gasteiger partial charge in [-0.3, -0.25) is 10.1 Å². The Labute approximate surface area is 174 Å². The highest BCUT2D eigenvalue weighted by atomic mass is 35.5. The largest absolute Gasteiger partial charge is 0.365 e. The predicted octanol–water partition coefficient (Wildman–Crippen LogP) is 3.66. The Balaban J connectivity index is 0.00000240. The SMILES string of the molecule is CC(NC1CC1)c1cccc(-c2ccc3c(C(N)=O)c(NC(N)=O)[nH]c3c2)c1.Cl. The molecule has 0 saturated heterocycles. The smallest absolute Gasteiger partial charge is 0.317 e.